The number of carbonyl (C=O) groups excluding carboxylic acids is 3. The molecule has 0 aliphatic rings. The van der Waals surface area contributed by atoms with E-state index in [1.54, 1.807) is 0 Å². The summed E-state index contributed by atoms with van der Waals surface area (Å²) in [4.78, 5) is 38.4. The minimum atomic E-state index is -0.778. The molecule has 0 bridgehead atoms. The van der Waals surface area contributed by atoms with E-state index in [1.165, 1.54) is 308 Å². The van der Waals surface area contributed by atoms with E-state index in [0.717, 1.165) is 70.6 Å². The molecule has 0 heterocycles. The first-order valence-corrected chi connectivity index (χ1v) is 37.5. The zero-order valence-electron chi connectivity index (χ0n) is 56.2. The molecule has 0 fully saturated rings. The maximum absolute atomic E-state index is 12.9. The standard InChI is InChI=1S/C77H144O6/c1-4-7-10-13-16-19-22-25-28-29-30-31-32-33-34-35-36-37-38-39-40-41-42-43-44-45-46-47-50-52-55-58-61-64-67-70-76(79)82-73-74(83-77(80)71-68-65-62-59-56-53-49-27-24-21-18-15-12-9-6-3)72-81-75(78)69-66-63-60-57-54-51-48-26-23-20-17-14-11-8-5-2/h26-27,29-30,48-49,74H,4-25,28,31-47,50-73H2,1-3H3/b30-29-,48-26-,49-27-. The van der Waals surface area contributed by atoms with Crippen LogP contribution in [0.4, 0.5) is 0 Å². The Kier molecular flexibility index (Phi) is 70.0. The second kappa shape index (κ2) is 72.1. The summed E-state index contributed by atoms with van der Waals surface area (Å²) < 4.78 is 17.0. The van der Waals surface area contributed by atoms with Crippen molar-refractivity contribution >= 4 is 17.9 Å². The van der Waals surface area contributed by atoms with Gasteiger partial charge in [0.05, 0.1) is 0 Å². The van der Waals surface area contributed by atoms with Gasteiger partial charge in [-0.05, 0) is 96.3 Å². The van der Waals surface area contributed by atoms with Crippen LogP contribution in [0.25, 0.3) is 0 Å². The van der Waals surface area contributed by atoms with E-state index in [1.807, 2.05) is 0 Å². The zero-order chi connectivity index (χ0) is 59.9. The smallest absolute Gasteiger partial charge is 0.306 e. The lowest BCUT2D eigenvalue weighted by Gasteiger charge is -2.18. The van der Waals surface area contributed by atoms with Gasteiger partial charge >= 0.3 is 17.9 Å². The van der Waals surface area contributed by atoms with Crippen LogP contribution in [0, 0.1) is 0 Å². The Morgan fingerprint density at radius 3 is 0.602 bits per heavy atom. The normalized spacial score (nSPS) is 12.2. The van der Waals surface area contributed by atoms with E-state index in [2.05, 4.69) is 57.2 Å². The highest BCUT2D eigenvalue weighted by Gasteiger charge is 2.19. The molecule has 0 aliphatic carbocycles. The van der Waals surface area contributed by atoms with Crippen LogP contribution in [-0.2, 0) is 28.6 Å². The van der Waals surface area contributed by atoms with Crippen LogP contribution >= 0.6 is 0 Å². The van der Waals surface area contributed by atoms with Crippen molar-refractivity contribution in [3.63, 3.8) is 0 Å². The van der Waals surface area contributed by atoms with Gasteiger partial charge in [-0.25, -0.2) is 0 Å². The molecule has 0 radical (unpaired) electrons. The second-order valence-electron chi connectivity index (χ2n) is 25.6. The lowest BCUT2D eigenvalue weighted by Crippen LogP contribution is -2.30. The Balaban J connectivity index is 4.08. The van der Waals surface area contributed by atoms with Crippen LogP contribution < -0.4 is 0 Å². The van der Waals surface area contributed by atoms with Gasteiger partial charge in [0.1, 0.15) is 13.2 Å². The third-order valence-electron chi connectivity index (χ3n) is 17.1. The summed E-state index contributed by atoms with van der Waals surface area (Å²) in [6.07, 6.45) is 90.6. The summed E-state index contributed by atoms with van der Waals surface area (Å²) in [5, 5.41) is 0. The molecule has 0 spiro atoms. The van der Waals surface area contributed by atoms with Crippen LogP contribution in [0.5, 0.6) is 0 Å². The summed E-state index contributed by atoms with van der Waals surface area (Å²) in [6, 6.07) is 0. The highest BCUT2D eigenvalue weighted by atomic mass is 16.6. The summed E-state index contributed by atoms with van der Waals surface area (Å²) in [5.41, 5.74) is 0. The van der Waals surface area contributed by atoms with Gasteiger partial charge in [-0.15, -0.1) is 0 Å². The molecule has 83 heavy (non-hydrogen) atoms. The fraction of sp³-hybridized carbons (Fsp3) is 0.883. The molecule has 488 valence electrons. The quantitative estimate of drug-likeness (QED) is 0.0261. The molecule has 0 saturated heterocycles. The van der Waals surface area contributed by atoms with Gasteiger partial charge < -0.3 is 14.2 Å². The van der Waals surface area contributed by atoms with E-state index in [-0.39, 0.29) is 31.1 Å². The Hall–Kier alpha value is -2.37. The van der Waals surface area contributed by atoms with Gasteiger partial charge in [-0.1, -0.05) is 340 Å². The third-order valence-corrected chi connectivity index (χ3v) is 17.1. The van der Waals surface area contributed by atoms with Crippen molar-refractivity contribution < 1.29 is 28.6 Å². The molecule has 0 aromatic rings. The topological polar surface area (TPSA) is 78.9 Å². The van der Waals surface area contributed by atoms with E-state index in [4.69, 9.17) is 14.2 Å². The maximum Gasteiger partial charge on any atom is 0.306 e. The lowest BCUT2D eigenvalue weighted by atomic mass is 10.0. The number of ether oxygens (including phenoxy) is 3. The molecule has 1 atom stereocenters. The van der Waals surface area contributed by atoms with Crippen molar-refractivity contribution in [1.29, 1.82) is 0 Å². The highest BCUT2D eigenvalue weighted by Crippen LogP contribution is 2.19. The van der Waals surface area contributed by atoms with Crippen LogP contribution in [0.15, 0.2) is 36.5 Å². The molecule has 0 saturated carbocycles. The first kappa shape index (κ1) is 80.6. The van der Waals surface area contributed by atoms with Crippen molar-refractivity contribution in [1.82, 2.24) is 0 Å². The van der Waals surface area contributed by atoms with Crippen LogP contribution in [0.2, 0.25) is 0 Å². The summed E-state index contributed by atoms with van der Waals surface area (Å²) in [5.74, 6) is -0.863. The van der Waals surface area contributed by atoms with Gasteiger partial charge in [0.25, 0.3) is 0 Å². The Morgan fingerprint density at radius 2 is 0.398 bits per heavy atom. The number of rotatable bonds is 70. The van der Waals surface area contributed by atoms with Gasteiger partial charge in [-0.2, -0.15) is 0 Å². The summed E-state index contributed by atoms with van der Waals surface area (Å²) in [6.45, 7) is 6.68. The molecule has 0 aromatic heterocycles. The van der Waals surface area contributed by atoms with Crippen LogP contribution in [0.3, 0.4) is 0 Å². The van der Waals surface area contributed by atoms with Crippen molar-refractivity contribution in [3.05, 3.63) is 36.5 Å². The van der Waals surface area contributed by atoms with Crippen molar-refractivity contribution in [2.24, 2.45) is 0 Å². The Morgan fingerprint density at radius 1 is 0.229 bits per heavy atom. The molecule has 6 heteroatoms. The number of hydrogen-bond donors (Lipinski definition) is 0. The van der Waals surface area contributed by atoms with E-state index in [9.17, 15) is 14.4 Å². The van der Waals surface area contributed by atoms with Gasteiger partial charge in [-0.3, -0.25) is 14.4 Å². The minimum Gasteiger partial charge on any atom is -0.462 e. The maximum atomic E-state index is 12.9. The first-order chi connectivity index (χ1) is 41.0. The fourth-order valence-corrected chi connectivity index (χ4v) is 11.4. The number of hydrogen-bond acceptors (Lipinski definition) is 6. The van der Waals surface area contributed by atoms with Crippen molar-refractivity contribution in [2.45, 2.75) is 425 Å². The summed E-state index contributed by atoms with van der Waals surface area (Å²) in [7, 11) is 0. The number of allylic oxidation sites excluding steroid dienone is 6. The third kappa shape index (κ3) is 70.3. The van der Waals surface area contributed by atoms with Gasteiger partial charge in [0.15, 0.2) is 6.10 Å². The molecule has 6 nitrogen and oxygen atoms in total. The molecule has 0 aliphatic heterocycles. The average molecular weight is 1170 g/mol. The lowest BCUT2D eigenvalue weighted by molar-refractivity contribution is -0.167. The van der Waals surface area contributed by atoms with E-state index >= 15 is 0 Å². The predicted octanol–water partition coefficient (Wildman–Crippen LogP) is 25.9. The molecular weight excluding hydrogens is 1020 g/mol. The van der Waals surface area contributed by atoms with Gasteiger partial charge in [0, 0.05) is 19.3 Å². The number of unbranched alkanes of at least 4 members (excludes halogenated alkanes) is 53. The number of esters is 3. The van der Waals surface area contributed by atoms with Crippen LogP contribution in [-0.4, -0.2) is 37.2 Å². The molecule has 0 N–H and O–H groups in total. The first-order valence-electron chi connectivity index (χ1n) is 37.5. The van der Waals surface area contributed by atoms with Gasteiger partial charge in [0.2, 0.25) is 0 Å². The van der Waals surface area contributed by atoms with Crippen molar-refractivity contribution in [2.75, 3.05) is 13.2 Å². The summed E-state index contributed by atoms with van der Waals surface area (Å²) >= 11 is 0. The predicted molar refractivity (Wildman–Crippen MR) is 362 cm³/mol. The van der Waals surface area contributed by atoms with Crippen molar-refractivity contribution in [3.8, 4) is 0 Å². The van der Waals surface area contributed by atoms with E-state index in [0.29, 0.717) is 19.3 Å². The average Bonchev–Trinajstić information content (AvgIpc) is 3.49. The highest BCUT2D eigenvalue weighted by molar-refractivity contribution is 5.71. The van der Waals surface area contributed by atoms with E-state index < -0.39 is 6.10 Å². The SMILES string of the molecule is CCCCCCCC/C=C\CCCCCCCC(=O)OCC(COC(=O)CCCCCCCCCCCCCCCCCCCCCCCCC/C=C\CCCCCCCCCC)OC(=O)CCCCCCC/C=C\CCCCCCCC. The zero-order valence-corrected chi connectivity index (χ0v) is 56.2. The Labute approximate surface area is 518 Å². The monoisotopic (exact) mass is 1170 g/mol. The molecule has 0 aromatic carbocycles. The second-order valence-corrected chi connectivity index (χ2v) is 25.6. The van der Waals surface area contributed by atoms with Crippen LogP contribution in [0.1, 0.15) is 419 Å². The fourth-order valence-electron chi connectivity index (χ4n) is 11.4. The largest absolute Gasteiger partial charge is 0.462 e. The molecule has 0 rings (SSSR count). The Bertz CT molecular complexity index is 1380. The molecule has 1 unspecified atom stereocenters. The minimum absolute atomic E-state index is 0.0733. The number of carbonyl (C=O) groups is 3. The molecular formula is C77H144O6. The molecule has 0 amide bonds.